The summed E-state index contributed by atoms with van der Waals surface area (Å²) in [6.07, 6.45) is 1.95. The van der Waals surface area contributed by atoms with Gasteiger partial charge in [-0.1, -0.05) is 23.7 Å². The molecule has 34 heavy (non-hydrogen) atoms. The van der Waals surface area contributed by atoms with Crippen molar-refractivity contribution in [2.75, 3.05) is 34.8 Å². The molecule has 0 aliphatic carbocycles. The molecule has 0 saturated carbocycles. The lowest BCUT2D eigenvalue weighted by Crippen LogP contribution is -2.15. The largest absolute Gasteiger partial charge is 0.496 e. The van der Waals surface area contributed by atoms with E-state index in [-0.39, 0.29) is 10.8 Å². The first-order valence-electron chi connectivity index (χ1n) is 10.3. The third-order valence-electron chi connectivity index (χ3n) is 4.81. The normalized spacial score (nSPS) is 11.0. The van der Waals surface area contributed by atoms with Gasteiger partial charge < -0.3 is 21.1 Å². The van der Waals surface area contributed by atoms with Gasteiger partial charge in [-0.2, -0.15) is 4.98 Å². The summed E-state index contributed by atoms with van der Waals surface area (Å²) in [6, 6.07) is 11.8. The second-order valence-electron chi connectivity index (χ2n) is 7.13. The van der Waals surface area contributed by atoms with Gasteiger partial charge in [0.05, 0.1) is 30.4 Å². The van der Waals surface area contributed by atoms with Crippen LogP contribution in [0, 0.1) is 0 Å². The molecular weight excluding hydrogens is 480 g/mol. The number of nitrogens with two attached hydrogens (primary N) is 1. The predicted molar refractivity (Wildman–Crippen MR) is 134 cm³/mol. The fourth-order valence-corrected chi connectivity index (χ4v) is 3.82. The van der Waals surface area contributed by atoms with E-state index in [1.54, 1.807) is 56.5 Å². The third-order valence-corrected chi connectivity index (χ3v) is 6.38. The summed E-state index contributed by atoms with van der Waals surface area (Å²) in [4.78, 5) is 20.1. The van der Waals surface area contributed by atoms with Crippen molar-refractivity contribution in [2.45, 2.75) is 13.3 Å². The second-order valence-corrected chi connectivity index (χ2v) is 9.55. The highest BCUT2D eigenvalue weighted by atomic mass is 35.5. The van der Waals surface area contributed by atoms with Gasteiger partial charge in [0.25, 0.3) is 0 Å². The minimum absolute atomic E-state index is 0.0587. The molecule has 0 bridgehead atoms. The van der Waals surface area contributed by atoms with Gasteiger partial charge >= 0.3 is 0 Å². The molecule has 0 saturated heterocycles. The minimum atomic E-state index is -3.47. The lowest BCUT2D eigenvalue weighted by Gasteiger charge is -2.15. The molecule has 1 aromatic heterocycles. The topological polar surface area (TPSA) is 148 Å². The number of halogens is 1. The second kappa shape index (κ2) is 11.0. The predicted octanol–water partition coefficient (Wildman–Crippen LogP) is 3.40. The molecule has 1 heterocycles. The van der Waals surface area contributed by atoms with E-state index in [1.807, 2.05) is 0 Å². The Bertz CT molecular complexity index is 1290. The van der Waals surface area contributed by atoms with Crippen molar-refractivity contribution in [1.29, 1.82) is 0 Å². The summed E-state index contributed by atoms with van der Waals surface area (Å²) in [5.41, 5.74) is 7.42. The Labute approximate surface area is 203 Å². The van der Waals surface area contributed by atoms with Gasteiger partial charge in [0, 0.05) is 12.1 Å². The van der Waals surface area contributed by atoms with Crippen LogP contribution in [-0.2, 0) is 16.4 Å². The molecule has 3 rings (SSSR count). The third kappa shape index (κ3) is 6.49. The van der Waals surface area contributed by atoms with Gasteiger partial charge in [-0.05, 0) is 49.2 Å². The van der Waals surface area contributed by atoms with E-state index in [2.05, 4.69) is 25.3 Å². The number of carbonyl (C=O) groups excluding carboxylic acids is 1. The van der Waals surface area contributed by atoms with Crippen molar-refractivity contribution < 1.29 is 17.9 Å². The van der Waals surface area contributed by atoms with Crippen molar-refractivity contribution in [3.63, 3.8) is 0 Å². The molecule has 0 unspecified atom stereocenters. The van der Waals surface area contributed by atoms with Crippen molar-refractivity contribution in [1.82, 2.24) is 9.97 Å². The minimum Gasteiger partial charge on any atom is -0.496 e. The molecule has 5 N–H and O–H groups in total. The molecule has 2 aromatic carbocycles. The number of para-hydroxylation sites is 2. The average Bonchev–Trinajstić information content (AvgIpc) is 2.82. The smallest absolute Gasteiger partial charge is 0.248 e. The average molecular weight is 505 g/mol. The van der Waals surface area contributed by atoms with Crippen LogP contribution in [0.15, 0.2) is 48.7 Å². The summed E-state index contributed by atoms with van der Waals surface area (Å²) in [5.74, 6) is 0.670. The first kappa shape index (κ1) is 25.1. The number of rotatable bonds is 11. The lowest BCUT2D eigenvalue weighted by molar-refractivity contribution is 0.1000. The van der Waals surface area contributed by atoms with Crippen LogP contribution < -0.4 is 25.8 Å². The lowest BCUT2D eigenvalue weighted by atomic mass is 10.1. The Kier molecular flexibility index (Phi) is 8.13. The summed E-state index contributed by atoms with van der Waals surface area (Å²) in [7, 11) is -1.92. The molecule has 1 amide bonds. The van der Waals surface area contributed by atoms with Crippen LogP contribution >= 0.6 is 11.6 Å². The zero-order chi connectivity index (χ0) is 24.7. The number of hydrogen-bond acceptors (Lipinski definition) is 8. The SMILES string of the molecule is CCS(=O)(=O)Nc1ccccc1Nc1nc(NCCc2cc(C(N)=O)ccc2OC)ncc1Cl. The van der Waals surface area contributed by atoms with E-state index >= 15 is 0 Å². The molecule has 0 aliphatic rings. The van der Waals surface area contributed by atoms with Crippen LogP contribution in [0.25, 0.3) is 0 Å². The Morgan fingerprint density at radius 3 is 2.59 bits per heavy atom. The Morgan fingerprint density at radius 2 is 1.91 bits per heavy atom. The number of nitrogens with zero attached hydrogens (tertiary/aromatic N) is 2. The number of hydrogen-bond donors (Lipinski definition) is 4. The number of amides is 1. The van der Waals surface area contributed by atoms with Gasteiger partial charge in [0.2, 0.25) is 21.9 Å². The fourth-order valence-electron chi connectivity index (χ4n) is 3.02. The molecule has 0 atom stereocenters. The van der Waals surface area contributed by atoms with Gasteiger partial charge in [0.15, 0.2) is 5.82 Å². The Hall–Kier alpha value is -3.57. The molecule has 12 heteroatoms. The summed E-state index contributed by atoms with van der Waals surface area (Å²) < 4.78 is 31.9. The van der Waals surface area contributed by atoms with Crippen LogP contribution in [0.3, 0.4) is 0 Å². The molecule has 3 aromatic rings. The highest BCUT2D eigenvalue weighted by Gasteiger charge is 2.13. The van der Waals surface area contributed by atoms with E-state index in [9.17, 15) is 13.2 Å². The maximum atomic E-state index is 12.0. The first-order chi connectivity index (χ1) is 16.2. The quantitative estimate of drug-likeness (QED) is 0.310. The van der Waals surface area contributed by atoms with Crippen LogP contribution in [0.4, 0.5) is 23.1 Å². The molecule has 0 fully saturated rings. The summed E-state index contributed by atoms with van der Waals surface area (Å²) >= 11 is 6.26. The highest BCUT2D eigenvalue weighted by Crippen LogP contribution is 2.29. The van der Waals surface area contributed by atoms with Crippen molar-refractivity contribution >= 4 is 50.7 Å². The van der Waals surface area contributed by atoms with Gasteiger partial charge in [0.1, 0.15) is 10.8 Å². The molecule has 0 radical (unpaired) electrons. The fraction of sp³-hybridized carbons (Fsp3) is 0.227. The number of methoxy groups -OCH3 is 1. The van der Waals surface area contributed by atoms with Gasteiger partial charge in [-0.3, -0.25) is 9.52 Å². The zero-order valence-electron chi connectivity index (χ0n) is 18.6. The van der Waals surface area contributed by atoms with Crippen LogP contribution in [-0.4, -0.2) is 43.7 Å². The van der Waals surface area contributed by atoms with Crippen LogP contribution in [0.5, 0.6) is 5.75 Å². The standard InChI is InChI=1S/C22H25ClN6O4S/c1-3-34(31,32)29-18-7-5-4-6-17(18)27-21-16(23)13-26-22(28-21)25-11-10-14-12-15(20(24)30)8-9-19(14)33-2/h4-9,12-13,29H,3,10-11H2,1-2H3,(H2,24,30)(H2,25,26,27,28). The molecule has 180 valence electrons. The highest BCUT2D eigenvalue weighted by molar-refractivity contribution is 7.92. The number of aromatic nitrogens is 2. The van der Waals surface area contributed by atoms with E-state index in [4.69, 9.17) is 22.1 Å². The summed E-state index contributed by atoms with van der Waals surface area (Å²) in [5, 5.41) is 6.42. The summed E-state index contributed by atoms with van der Waals surface area (Å²) in [6.45, 7) is 1.99. The molecule has 0 spiro atoms. The number of anilines is 4. The van der Waals surface area contributed by atoms with E-state index in [1.165, 1.54) is 6.20 Å². The van der Waals surface area contributed by atoms with Crippen LogP contribution in [0.2, 0.25) is 5.02 Å². The van der Waals surface area contributed by atoms with Gasteiger partial charge in [-0.25, -0.2) is 13.4 Å². The Morgan fingerprint density at radius 1 is 1.18 bits per heavy atom. The van der Waals surface area contributed by atoms with Crippen molar-refractivity contribution in [3.05, 3.63) is 64.8 Å². The maximum absolute atomic E-state index is 12.0. The van der Waals surface area contributed by atoms with Gasteiger partial charge in [-0.15, -0.1) is 0 Å². The number of nitrogens with one attached hydrogen (secondary N) is 3. The molecule has 10 nitrogen and oxygen atoms in total. The number of ether oxygens (including phenoxy) is 1. The van der Waals surface area contributed by atoms with Crippen molar-refractivity contribution in [2.24, 2.45) is 5.73 Å². The van der Waals surface area contributed by atoms with E-state index in [0.29, 0.717) is 47.4 Å². The number of carbonyl (C=O) groups is 1. The Balaban J connectivity index is 1.74. The first-order valence-corrected chi connectivity index (χ1v) is 12.3. The zero-order valence-corrected chi connectivity index (χ0v) is 20.2. The van der Waals surface area contributed by atoms with Crippen molar-refractivity contribution in [3.8, 4) is 5.75 Å². The van der Waals surface area contributed by atoms with Crippen LogP contribution in [0.1, 0.15) is 22.8 Å². The maximum Gasteiger partial charge on any atom is 0.248 e. The molecular formula is C22H25ClN6O4S. The number of benzene rings is 2. The number of sulfonamides is 1. The number of primary amides is 1. The molecule has 0 aliphatic heterocycles. The monoisotopic (exact) mass is 504 g/mol. The van der Waals surface area contributed by atoms with E-state index < -0.39 is 15.9 Å². The van der Waals surface area contributed by atoms with E-state index in [0.717, 1.165) is 5.56 Å².